The van der Waals surface area contributed by atoms with Gasteiger partial charge in [0.1, 0.15) is 12.4 Å². The summed E-state index contributed by atoms with van der Waals surface area (Å²) in [5.74, 6) is 0.784. The number of fused-ring (bicyclic) bond motifs is 1. The van der Waals surface area contributed by atoms with Crippen molar-refractivity contribution in [3.05, 3.63) is 42.0 Å². The van der Waals surface area contributed by atoms with E-state index in [0.29, 0.717) is 12.7 Å². The van der Waals surface area contributed by atoms with E-state index in [2.05, 4.69) is 13.0 Å². The van der Waals surface area contributed by atoms with Gasteiger partial charge < -0.3 is 14.6 Å². The van der Waals surface area contributed by atoms with Gasteiger partial charge in [0.2, 0.25) is 0 Å². The van der Waals surface area contributed by atoms with Crippen LogP contribution < -0.4 is 4.74 Å². The summed E-state index contributed by atoms with van der Waals surface area (Å²) in [6.07, 6.45) is 2.05. The van der Waals surface area contributed by atoms with Gasteiger partial charge in [-0.25, -0.2) is 0 Å². The van der Waals surface area contributed by atoms with Gasteiger partial charge in [-0.2, -0.15) is 0 Å². The van der Waals surface area contributed by atoms with Crippen LogP contribution in [0.25, 0.3) is 10.8 Å². The zero-order valence-corrected chi connectivity index (χ0v) is 12.6. The maximum absolute atomic E-state index is 9.99. The van der Waals surface area contributed by atoms with Crippen molar-refractivity contribution >= 4 is 10.8 Å². The predicted octanol–water partition coefficient (Wildman–Crippen LogP) is 3.84. The summed E-state index contributed by atoms with van der Waals surface area (Å²) in [6.45, 7) is 4.41. The zero-order chi connectivity index (χ0) is 14.8. The molecule has 1 fully saturated rings. The Labute approximate surface area is 125 Å². The van der Waals surface area contributed by atoms with Crippen molar-refractivity contribution in [1.82, 2.24) is 0 Å². The number of hydrogen-bond acceptors (Lipinski definition) is 3. The molecule has 1 aliphatic heterocycles. The van der Waals surface area contributed by atoms with Gasteiger partial charge in [0.15, 0.2) is 0 Å². The molecular formula is C18H22O3. The van der Waals surface area contributed by atoms with Crippen molar-refractivity contribution < 1.29 is 14.6 Å². The second-order valence-corrected chi connectivity index (χ2v) is 5.84. The van der Waals surface area contributed by atoms with Crippen LogP contribution in [0.4, 0.5) is 0 Å². The summed E-state index contributed by atoms with van der Waals surface area (Å²) >= 11 is 0. The van der Waals surface area contributed by atoms with Crippen LogP contribution in [0.3, 0.4) is 0 Å². The number of benzene rings is 2. The minimum Gasteiger partial charge on any atom is -0.490 e. The molecule has 1 saturated heterocycles. The van der Waals surface area contributed by atoms with E-state index in [9.17, 15) is 5.11 Å². The SMILES string of the molecule is CC1CCC(COc2c([C@H](C)O)ccc3ccccc23)O1. The van der Waals surface area contributed by atoms with Crippen molar-refractivity contribution in [3.8, 4) is 5.75 Å². The molecule has 2 aromatic carbocycles. The first kappa shape index (κ1) is 14.4. The molecule has 3 rings (SSSR count). The van der Waals surface area contributed by atoms with E-state index < -0.39 is 6.10 Å². The summed E-state index contributed by atoms with van der Waals surface area (Å²) in [6, 6.07) is 12.1. The molecule has 0 bridgehead atoms. The van der Waals surface area contributed by atoms with E-state index >= 15 is 0 Å². The van der Waals surface area contributed by atoms with Crippen LogP contribution >= 0.6 is 0 Å². The maximum Gasteiger partial charge on any atom is 0.133 e. The molecule has 0 amide bonds. The monoisotopic (exact) mass is 286 g/mol. The Morgan fingerprint density at radius 2 is 2.05 bits per heavy atom. The Hall–Kier alpha value is -1.58. The fourth-order valence-electron chi connectivity index (χ4n) is 2.93. The highest BCUT2D eigenvalue weighted by molar-refractivity contribution is 5.89. The second kappa shape index (κ2) is 6.04. The van der Waals surface area contributed by atoms with Gasteiger partial charge in [-0.05, 0) is 32.1 Å². The third-order valence-corrected chi connectivity index (χ3v) is 4.09. The number of aliphatic hydroxyl groups excluding tert-OH is 1. The molecule has 0 aliphatic carbocycles. The minimum atomic E-state index is -0.548. The molecule has 1 N–H and O–H groups in total. The number of aliphatic hydroxyl groups is 1. The van der Waals surface area contributed by atoms with Gasteiger partial charge >= 0.3 is 0 Å². The van der Waals surface area contributed by atoms with Crippen molar-refractivity contribution in [3.63, 3.8) is 0 Å². The predicted molar refractivity (Wildman–Crippen MR) is 83.6 cm³/mol. The van der Waals surface area contributed by atoms with Crippen LogP contribution in [0.1, 0.15) is 38.4 Å². The minimum absolute atomic E-state index is 0.154. The van der Waals surface area contributed by atoms with Crippen molar-refractivity contribution in [2.75, 3.05) is 6.61 Å². The van der Waals surface area contributed by atoms with Gasteiger partial charge in [-0.15, -0.1) is 0 Å². The zero-order valence-electron chi connectivity index (χ0n) is 12.6. The summed E-state index contributed by atoms with van der Waals surface area (Å²) in [5.41, 5.74) is 0.833. The molecule has 112 valence electrons. The van der Waals surface area contributed by atoms with Crippen LogP contribution in [0.15, 0.2) is 36.4 Å². The molecule has 0 spiro atoms. The van der Waals surface area contributed by atoms with Gasteiger partial charge in [0.05, 0.1) is 18.3 Å². The lowest BCUT2D eigenvalue weighted by atomic mass is 10.0. The van der Waals surface area contributed by atoms with E-state index in [-0.39, 0.29) is 6.10 Å². The lowest BCUT2D eigenvalue weighted by Gasteiger charge is -2.18. The van der Waals surface area contributed by atoms with E-state index in [0.717, 1.165) is 34.9 Å². The lowest BCUT2D eigenvalue weighted by molar-refractivity contribution is 0.0260. The number of rotatable bonds is 4. The molecule has 21 heavy (non-hydrogen) atoms. The average molecular weight is 286 g/mol. The summed E-state index contributed by atoms with van der Waals surface area (Å²) in [5, 5.41) is 12.2. The van der Waals surface area contributed by atoms with Crippen molar-refractivity contribution in [2.24, 2.45) is 0 Å². The first-order valence-electron chi connectivity index (χ1n) is 7.63. The molecule has 1 heterocycles. The number of ether oxygens (including phenoxy) is 2. The topological polar surface area (TPSA) is 38.7 Å². The molecule has 3 atom stereocenters. The average Bonchev–Trinajstić information content (AvgIpc) is 2.90. The molecule has 2 aromatic rings. The Morgan fingerprint density at radius 1 is 1.24 bits per heavy atom. The summed E-state index contributed by atoms with van der Waals surface area (Å²) in [7, 11) is 0. The van der Waals surface area contributed by atoms with E-state index in [1.54, 1.807) is 6.92 Å². The first-order chi connectivity index (χ1) is 10.1. The van der Waals surface area contributed by atoms with Gasteiger partial charge in [0, 0.05) is 10.9 Å². The Kier molecular flexibility index (Phi) is 4.13. The number of hydrogen-bond donors (Lipinski definition) is 1. The second-order valence-electron chi connectivity index (χ2n) is 5.84. The van der Waals surface area contributed by atoms with Crippen LogP contribution in [-0.4, -0.2) is 23.9 Å². The van der Waals surface area contributed by atoms with Gasteiger partial charge in [-0.1, -0.05) is 36.4 Å². The van der Waals surface area contributed by atoms with Crippen LogP contribution in [-0.2, 0) is 4.74 Å². The van der Waals surface area contributed by atoms with Crippen molar-refractivity contribution in [2.45, 2.75) is 45.0 Å². The van der Waals surface area contributed by atoms with Gasteiger partial charge in [-0.3, -0.25) is 0 Å². The molecule has 0 aromatic heterocycles. The van der Waals surface area contributed by atoms with Crippen LogP contribution in [0, 0.1) is 0 Å². The summed E-state index contributed by atoms with van der Waals surface area (Å²) < 4.78 is 11.9. The smallest absolute Gasteiger partial charge is 0.133 e. The van der Waals surface area contributed by atoms with Crippen LogP contribution in [0.5, 0.6) is 5.75 Å². The highest BCUT2D eigenvalue weighted by Crippen LogP contribution is 2.34. The molecule has 0 saturated carbocycles. The fraction of sp³-hybridized carbons (Fsp3) is 0.444. The van der Waals surface area contributed by atoms with E-state index in [1.165, 1.54) is 0 Å². The fourth-order valence-corrected chi connectivity index (χ4v) is 2.93. The van der Waals surface area contributed by atoms with Crippen molar-refractivity contribution in [1.29, 1.82) is 0 Å². The Balaban J connectivity index is 1.89. The van der Waals surface area contributed by atoms with E-state index in [1.807, 2.05) is 30.3 Å². The molecule has 3 nitrogen and oxygen atoms in total. The normalized spacial score (nSPS) is 23.4. The first-order valence-corrected chi connectivity index (χ1v) is 7.63. The maximum atomic E-state index is 9.99. The van der Waals surface area contributed by atoms with Gasteiger partial charge in [0.25, 0.3) is 0 Å². The third-order valence-electron chi connectivity index (χ3n) is 4.09. The highest BCUT2D eigenvalue weighted by atomic mass is 16.5. The molecule has 1 aliphatic rings. The largest absolute Gasteiger partial charge is 0.490 e. The Bertz CT molecular complexity index is 621. The quantitative estimate of drug-likeness (QED) is 0.928. The molecule has 0 radical (unpaired) electrons. The molecule has 3 heteroatoms. The standard InChI is InChI=1S/C18H22O3/c1-12-7-9-15(21-12)11-20-18-16(13(2)19)10-8-14-5-3-4-6-17(14)18/h3-6,8,10,12-13,15,19H,7,9,11H2,1-2H3/t12?,13-,15?/m0/s1. The Morgan fingerprint density at radius 3 is 2.76 bits per heavy atom. The molecule has 2 unspecified atom stereocenters. The molecular weight excluding hydrogens is 264 g/mol. The third kappa shape index (κ3) is 3.04. The van der Waals surface area contributed by atoms with E-state index in [4.69, 9.17) is 9.47 Å². The van der Waals surface area contributed by atoms with Crippen LogP contribution in [0.2, 0.25) is 0 Å². The summed E-state index contributed by atoms with van der Waals surface area (Å²) in [4.78, 5) is 0. The lowest BCUT2D eigenvalue weighted by Crippen LogP contribution is -2.18. The highest BCUT2D eigenvalue weighted by Gasteiger charge is 2.23.